The lowest BCUT2D eigenvalue weighted by Crippen LogP contribution is -2.34. The molecule has 0 aliphatic heterocycles. The molecule has 1 saturated carbocycles. The summed E-state index contributed by atoms with van der Waals surface area (Å²) in [6.07, 6.45) is 9.57. The highest BCUT2D eigenvalue weighted by atomic mass is 32.2. The molecule has 17 heavy (non-hydrogen) atoms. The summed E-state index contributed by atoms with van der Waals surface area (Å²) in [5.74, 6) is 0. The Morgan fingerprint density at radius 3 is 3.00 bits per heavy atom. The molecule has 2 atom stereocenters. The topological polar surface area (TPSA) is 24.9 Å². The number of nitrogens with one attached hydrogen (secondary N) is 1. The second-order valence-electron chi connectivity index (χ2n) is 4.93. The highest BCUT2D eigenvalue weighted by Crippen LogP contribution is 2.26. The lowest BCUT2D eigenvalue weighted by Gasteiger charge is -2.28. The Hall–Kier alpha value is -0.540. The minimum Gasteiger partial charge on any atom is -0.308 e. The van der Waals surface area contributed by atoms with Crippen molar-refractivity contribution in [2.75, 3.05) is 6.26 Å². The van der Waals surface area contributed by atoms with Crippen LogP contribution in [0.5, 0.6) is 0 Å². The molecule has 2 rings (SSSR count). The normalized spacial score (nSPS) is 24.8. The van der Waals surface area contributed by atoms with E-state index in [-0.39, 0.29) is 0 Å². The van der Waals surface area contributed by atoms with Crippen LogP contribution in [0.15, 0.2) is 18.3 Å². The summed E-state index contributed by atoms with van der Waals surface area (Å²) < 4.78 is 0. The van der Waals surface area contributed by atoms with Crippen molar-refractivity contribution < 1.29 is 0 Å². The number of aryl methyl sites for hydroxylation is 1. The summed E-state index contributed by atoms with van der Waals surface area (Å²) in [6.45, 7) is 2.99. The minimum absolute atomic E-state index is 0.685. The number of hydrogen-bond donors (Lipinski definition) is 1. The van der Waals surface area contributed by atoms with E-state index in [2.05, 4.69) is 35.6 Å². The van der Waals surface area contributed by atoms with Crippen LogP contribution in [0.2, 0.25) is 0 Å². The third-order valence-electron chi connectivity index (χ3n) is 3.50. The average Bonchev–Trinajstić information content (AvgIpc) is 2.38. The summed E-state index contributed by atoms with van der Waals surface area (Å²) >= 11 is 2.02. The van der Waals surface area contributed by atoms with E-state index in [4.69, 9.17) is 0 Å². The van der Waals surface area contributed by atoms with Crippen molar-refractivity contribution in [3.05, 3.63) is 29.6 Å². The summed E-state index contributed by atoms with van der Waals surface area (Å²) in [7, 11) is 0. The molecule has 0 amide bonds. The van der Waals surface area contributed by atoms with E-state index < -0.39 is 0 Å². The van der Waals surface area contributed by atoms with Gasteiger partial charge in [-0.3, -0.25) is 4.98 Å². The van der Waals surface area contributed by atoms with Gasteiger partial charge in [-0.15, -0.1) is 0 Å². The Kier molecular flexibility index (Phi) is 4.86. The minimum atomic E-state index is 0.685. The maximum absolute atomic E-state index is 4.43. The van der Waals surface area contributed by atoms with Gasteiger partial charge in [-0.1, -0.05) is 12.5 Å². The van der Waals surface area contributed by atoms with Gasteiger partial charge >= 0.3 is 0 Å². The van der Waals surface area contributed by atoms with Crippen molar-refractivity contribution in [2.24, 2.45) is 0 Å². The first kappa shape index (κ1) is 12.9. The fraction of sp³-hybridized carbons (Fsp3) is 0.643. The number of pyridine rings is 1. The molecule has 0 spiro atoms. The van der Waals surface area contributed by atoms with E-state index in [1.807, 2.05) is 18.0 Å². The highest BCUT2D eigenvalue weighted by molar-refractivity contribution is 7.99. The van der Waals surface area contributed by atoms with E-state index >= 15 is 0 Å². The molecule has 94 valence electrons. The maximum atomic E-state index is 4.43. The van der Waals surface area contributed by atoms with Crippen molar-refractivity contribution in [3.8, 4) is 0 Å². The number of nitrogens with zero attached hydrogens (tertiary/aromatic N) is 1. The van der Waals surface area contributed by atoms with Gasteiger partial charge in [0.2, 0.25) is 0 Å². The second kappa shape index (κ2) is 6.41. The van der Waals surface area contributed by atoms with Gasteiger partial charge < -0.3 is 5.32 Å². The van der Waals surface area contributed by atoms with Gasteiger partial charge in [-0.05, 0) is 44.1 Å². The van der Waals surface area contributed by atoms with Crippen LogP contribution in [0.25, 0.3) is 0 Å². The van der Waals surface area contributed by atoms with Gasteiger partial charge in [-0.25, -0.2) is 0 Å². The van der Waals surface area contributed by atoms with E-state index in [1.165, 1.54) is 31.2 Å². The van der Waals surface area contributed by atoms with Gasteiger partial charge in [-0.2, -0.15) is 11.8 Å². The van der Waals surface area contributed by atoms with Crippen LogP contribution in [0.4, 0.5) is 0 Å². The van der Waals surface area contributed by atoms with Gasteiger partial charge in [0.1, 0.15) is 0 Å². The zero-order valence-corrected chi connectivity index (χ0v) is 11.6. The molecule has 2 nitrogen and oxygen atoms in total. The number of rotatable bonds is 4. The van der Waals surface area contributed by atoms with Crippen LogP contribution >= 0.6 is 11.8 Å². The zero-order valence-electron chi connectivity index (χ0n) is 10.8. The van der Waals surface area contributed by atoms with Crippen molar-refractivity contribution in [3.63, 3.8) is 0 Å². The molecule has 0 radical (unpaired) electrons. The SMILES string of the molecule is CSC1CCCC(NCc2ccc(C)cn2)C1. The van der Waals surface area contributed by atoms with E-state index in [9.17, 15) is 0 Å². The van der Waals surface area contributed by atoms with Crippen molar-refractivity contribution in [1.29, 1.82) is 0 Å². The first-order valence-electron chi connectivity index (χ1n) is 6.45. The molecule has 2 unspecified atom stereocenters. The van der Waals surface area contributed by atoms with Crippen molar-refractivity contribution in [1.82, 2.24) is 10.3 Å². The Bertz CT molecular complexity index is 337. The molecule has 0 bridgehead atoms. The lowest BCUT2D eigenvalue weighted by molar-refractivity contribution is 0.378. The Balaban J connectivity index is 1.79. The lowest BCUT2D eigenvalue weighted by atomic mass is 9.95. The maximum Gasteiger partial charge on any atom is 0.0541 e. The molecular weight excluding hydrogens is 228 g/mol. The fourth-order valence-corrected chi connectivity index (χ4v) is 3.22. The number of hydrogen-bond acceptors (Lipinski definition) is 3. The molecule has 1 aromatic heterocycles. The number of thioether (sulfide) groups is 1. The summed E-state index contributed by atoms with van der Waals surface area (Å²) in [5, 5.41) is 4.50. The van der Waals surface area contributed by atoms with Crippen LogP contribution in [-0.2, 0) is 6.54 Å². The van der Waals surface area contributed by atoms with Gasteiger partial charge in [0, 0.05) is 24.0 Å². The molecule has 1 aliphatic rings. The van der Waals surface area contributed by atoms with Crippen molar-refractivity contribution >= 4 is 11.8 Å². The largest absolute Gasteiger partial charge is 0.308 e. The third-order valence-corrected chi connectivity index (χ3v) is 4.60. The molecule has 0 saturated heterocycles. The summed E-state index contributed by atoms with van der Waals surface area (Å²) in [5.41, 5.74) is 2.38. The molecule has 0 aromatic carbocycles. The predicted octanol–water partition coefficient (Wildman–Crippen LogP) is 3.15. The molecule has 1 aromatic rings. The van der Waals surface area contributed by atoms with Crippen molar-refractivity contribution in [2.45, 2.75) is 50.4 Å². The molecule has 1 aliphatic carbocycles. The van der Waals surface area contributed by atoms with Crippen LogP contribution in [-0.4, -0.2) is 22.5 Å². The molecule has 1 N–H and O–H groups in total. The molecule has 1 fully saturated rings. The first-order chi connectivity index (χ1) is 8.28. The Morgan fingerprint density at radius 2 is 2.29 bits per heavy atom. The van der Waals surface area contributed by atoms with Gasteiger partial charge in [0.05, 0.1) is 5.69 Å². The quantitative estimate of drug-likeness (QED) is 0.888. The smallest absolute Gasteiger partial charge is 0.0541 e. The van der Waals surface area contributed by atoms with Crippen LogP contribution in [0.3, 0.4) is 0 Å². The first-order valence-corrected chi connectivity index (χ1v) is 7.74. The zero-order chi connectivity index (χ0) is 12.1. The summed E-state index contributed by atoms with van der Waals surface area (Å²) in [4.78, 5) is 4.43. The summed E-state index contributed by atoms with van der Waals surface area (Å²) in [6, 6.07) is 4.94. The van der Waals surface area contributed by atoms with E-state index in [0.717, 1.165) is 17.5 Å². The highest BCUT2D eigenvalue weighted by Gasteiger charge is 2.20. The van der Waals surface area contributed by atoms with E-state index in [0.29, 0.717) is 6.04 Å². The van der Waals surface area contributed by atoms with Gasteiger partial charge in [0.15, 0.2) is 0 Å². The standard InChI is InChI=1S/C14H22N2S/c1-11-6-7-13(15-9-11)10-16-12-4-3-5-14(8-12)17-2/h6-7,9,12,14,16H,3-5,8,10H2,1-2H3. The van der Waals surface area contributed by atoms with Crippen LogP contribution < -0.4 is 5.32 Å². The third kappa shape index (κ3) is 4.00. The fourth-order valence-electron chi connectivity index (χ4n) is 2.40. The average molecular weight is 250 g/mol. The molecule has 1 heterocycles. The van der Waals surface area contributed by atoms with Crippen LogP contribution in [0, 0.1) is 6.92 Å². The van der Waals surface area contributed by atoms with Crippen LogP contribution in [0.1, 0.15) is 36.9 Å². The Labute approximate surface area is 109 Å². The second-order valence-corrected chi connectivity index (χ2v) is 6.07. The van der Waals surface area contributed by atoms with Gasteiger partial charge in [0.25, 0.3) is 0 Å². The molecular formula is C14H22N2S. The predicted molar refractivity (Wildman–Crippen MR) is 75.4 cm³/mol. The molecule has 3 heteroatoms. The Morgan fingerprint density at radius 1 is 1.41 bits per heavy atom. The monoisotopic (exact) mass is 250 g/mol. The number of aromatic nitrogens is 1. The van der Waals surface area contributed by atoms with E-state index in [1.54, 1.807) is 0 Å².